The first-order chi connectivity index (χ1) is 6.47. The van der Waals surface area contributed by atoms with Crippen LogP contribution < -0.4 is 10.5 Å². The van der Waals surface area contributed by atoms with E-state index >= 15 is 0 Å². The van der Waals surface area contributed by atoms with E-state index in [0.717, 1.165) is 11.3 Å². The molecule has 0 saturated carbocycles. The molecule has 0 amide bonds. The summed E-state index contributed by atoms with van der Waals surface area (Å²) >= 11 is 6.53. The van der Waals surface area contributed by atoms with Crippen molar-refractivity contribution in [2.24, 2.45) is 5.73 Å². The second kappa shape index (κ2) is 4.54. The summed E-state index contributed by atoms with van der Waals surface area (Å²) < 4.78 is 25.8. The van der Waals surface area contributed by atoms with Gasteiger partial charge in [-0.05, 0) is 6.92 Å². The minimum atomic E-state index is -3.49. The molecule has 1 heterocycles. The van der Waals surface area contributed by atoms with Crippen molar-refractivity contribution in [3.8, 4) is 0 Å². The van der Waals surface area contributed by atoms with Crippen LogP contribution in [-0.2, 0) is 10.0 Å². The Morgan fingerprint density at radius 3 is 2.71 bits per heavy atom. The standard InChI is InChI=1S/C6H10ClN3O2S2/c1-4-5(13-6(7)10-4)14(11,12)9-3-2-8/h9H,2-3,8H2,1H3. The van der Waals surface area contributed by atoms with Gasteiger partial charge in [-0.15, -0.1) is 0 Å². The van der Waals surface area contributed by atoms with E-state index in [1.165, 1.54) is 0 Å². The van der Waals surface area contributed by atoms with Crippen molar-refractivity contribution in [3.63, 3.8) is 0 Å². The fourth-order valence-electron chi connectivity index (χ4n) is 0.859. The number of nitrogens with one attached hydrogen (secondary N) is 1. The molecule has 5 nitrogen and oxygen atoms in total. The van der Waals surface area contributed by atoms with Gasteiger partial charge in [0, 0.05) is 13.1 Å². The lowest BCUT2D eigenvalue weighted by Crippen LogP contribution is -2.29. The smallest absolute Gasteiger partial charge is 0.252 e. The van der Waals surface area contributed by atoms with E-state index in [2.05, 4.69) is 9.71 Å². The van der Waals surface area contributed by atoms with Crippen LogP contribution in [0.4, 0.5) is 0 Å². The van der Waals surface area contributed by atoms with E-state index in [4.69, 9.17) is 17.3 Å². The fourth-order valence-corrected chi connectivity index (χ4v) is 3.69. The Balaban J connectivity index is 2.98. The molecular formula is C6H10ClN3O2S2. The van der Waals surface area contributed by atoms with Crippen molar-refractivity contribution >= 4 is 33.0 Å². The second-order valence-corrected chi connectivity index (χ2v) is 6.07. The molecule has 0 aliphatic rings. The van der Waals surface area contributed by atoms with E-state index in [1.54, 1.807) is 6.92 Å². The van der Waals surface area contributed by atoms with Crippen molar-refractivity contribution < 1.29 is 8.42 Å². The summed E-state index contributed by atoms with van der Waals surface area (Å²) in [5, 5.41) is 0. The largest absolute Gasteiger partial charge is 0.329 e. The zero-order valence-corrected chi connectivity index (χ0v) is 9.84. The van der Waals surface area contributed by atoms with Gasteiger partial charge in [0.2, 0.25) is 0 Å². The Morgan fingerprint density at radius 2 is 2.29 bits per heavy atom. The number of hydrogen-bond donors (Lipinski definition) is 2. The van der Waals surface area contributed by atoms with Crippen LogP contribution >= 0.6 is 22.9 Å². The molecule has 14 heavy (non-hydrogen) atoms. The monoisotopic (exact) mass is 255 g/mol. The van der Waals surface area contributed by atoms with Crippen LogP contribution in [0.25, 0.3) is 0 Å². The SMILES string of the molecule is Cc1nc(Cl)sc1S(=O)(=O)NCCN. The van der Waals surface area contributed by atoms with Gasteiger partial charge in [-0.3, -0.25) is 0 Å². The molecule has 0 aromatic carbocycles. The van der Waals surface area contributed by atoms with Gasteiger partial charge in [0.25, 0.3) is 10.0 Å². The van der Waals surface area contributed by atoms with Crippen LogP contribution in [-0.4, -0.2) is 26.5 Å². The highest BCUT2D eigenvalue weighted by atomic mass is 35.5. The second-order valence-electron chi connectivity index (χ2n) is 2.53. The Labute approximate surface area is 91.3 Å². The van der Waals surface area contributed by atoms with Crippen molar-refractivity contribution in [1.82, 2.24) is 9.71 Å². The zero-order chi connectivity index (χ0) is 10.8. The molecule has 80 valence electrons. The van der Waals surface area contributed by atoms with Crippen LogP contribution in [0.2, 0.25) is 4.47 Å². The van der Waals surface area contributed by atoms with E-state index in [0.29, 0.717) is 5.69 Å². The Bertz CT molecular complexity index is 415. The maximum Gasteiger partial charge on any atom is 0.252 e. The Kier molecular flexibility index (Phi) is 3.85. The number of hydrogen-bond acceptors (Lipinski definition) is 5. The van der Waals surface area contributed by atoms with Crippen LogP contribution in [0.3, 0.4) is 0 Å². The van der Waals surface area contributed by atoms with Crippen molar-refractivity contribution in [1.29, 1.82) is 0 Å². The van der Waals surface area contributed by atoms with E-state index in [9.17, 15) is 8.42 Å². The molecule has 0 radical (unpaired) electrons. The average Bonchev–Trinajstić information content (AvgIpc) is 2.42. The molecule has 3 N–H and O–H groups in total. The number of nitrogens with zero attached hydrogens (tertiary/aromatic N) is 1. The van der Waals surface area contributed by atoms with Gasteiger partial charge in [-0.2, -0.15) is 0 Å². The summed E-state index contributed by atoms with van der Waals surface area (Å²) in [6.45, 7) is 2.06. The minimum absolute atomic E-state index is 0.149. The molecule has 0 atom stereocenters. The molecule has 1 rings (SSSR count). The van der Waals surface area contributed by atoms with Gasteiger partial charge in [0.15, 0.2) is 8.68 Å². The lowest BCUT2D eigenvalue weighted by molar-refractivity contribution is 0.583. The molecule has 1 aromatic heterocycles. The van der Waals surface area contributed by atoms with Gasteiger partial charge in [0.1, 0.15) is 0 Å². The first-order valence-electron chi connectivity index (χ1n) is 3.80. The van der Waals surface area contributed by atoms with Crippen LogP contribution in [0.15, 0.2) is 4.21 Å². The highest BCUT2D eigenvalue weighted by Gasteiger charge is 2.20. The molecule has 8 heteroatoms. The number of nitrogens with two attached hydrogens (primary N) is 1. The minimum Gasteiger partial charge on any atom is -0.329 e. The van der Waals surface area contributed by atoms with Gasteiger partial charge < -0.3 is 5.73 Å². The zero-order valence-electron chi connectivity index (χ0n) is 7.45. The Morgan fingerprint density at radius 1 is 1.64 bits per heavy atom. The molecule has 0 bridgehead atoms. The molecule has 0 fully saturated rings. The average molecular weight is 256 g/mol. The molecule has 0 aliphatic carbocycles. The number of aromatic nitrogens is 1. The summed E-state index contributed by atoms with van der Waals surface area (Å²) in [4.78, 5) is 3.82. The quantitative estimate of drug-likeness (QED) is 0.813. The maximum absolute atomic E-state index is 11.6. The lowest BCUT2D eigenvalue weighted by atomic mass is 10.6. The fraction of sp³-hybridized carbons (Fsp3) is 0.500. The number of thiazole rings is 1. The molecule has 0 saturated heterocycles. The molecule has 0 spiro atoms. The summed E-state index contributed by atoms with van der Waals surface area (Å²) in [5.41, 5.74) is 5.60. The van der Waals surface area contributed by atoms with Crippen molar-refractivity contribution in [2.45, 2.75) is 11.1 Å². The number of rotatable bonds is 4. The third-order valence-electron chi connectivity index (χ3n) is 1.41. The predicted molar refractivity (Wildman–Crippen MR) is 56.1 cm³/mol. The topological polar surface area (TPSA) is 85.1 Å². The third-order valence-corrected chi connectivity index (χ3v) is 4.74. The molecule has 0 unspecified atom stereocenters. The van der Waals surface area contributed by atoms with Crippen molar-refractivity contribution in [2.75, 3.05) is 13.1 Å². The highest BCUT2D eigenvalue weighted by Crippen LogP contribution is 2.26. The summed E-state index contributed by atoms with van der Waals surface area (Å²) in [6.07, 6.45) is 0. The number of aryl methyl sites for hydroxylation is 1. The van der Waals surface area contributed by atoms with Crippen LogP contribution in [0.5, 0.6) is 0 Å². The van der Waals surface area contributed by atoms with Gasteiger partial charge in [0.05, 0.1) is 5.69 Å². The number of halogens is 1. The van der Waals surface area contributed by atoms with Crippen LogP contribution in [0.1, 0.15) is 5.69 Å². The molecule has 0 aliphatic heterocycles. The van der Waals surface area contributed by atoms with Gasteiger partial charge in [-0.1, -0.05) is 22.9 Å². The normalized spacial score (nSPS) is 11.9. The van der Waals surface area contributed by atoms with E-state index in [1.807, 2.05) is 0 Å². The molecule has 1 aromatic rings. The first-order valence-corrected chi connectivity index (χ1v) is 6.48. The Hall–Kier alpha value is -0.210. The maximum atomic E-state index is 11.6. The third kappa shape index (κ3) is 2.64. The highest BCUT2D eigenvalue weighted by molar-refractivity contribution is 7.91. The predicted octanol–water partition coefficient (Wildman–Crippen LogP) is 0.342. The summed E-state index contributed by atoms with van der Waals surface area (Å²) in [6, 6.07) is 0. The van der Waals surface area contributed by atoms with Crippen molar-refractivity contribution in [3.05, 3.63) is 10.2 Å². The van der Waals surface area contributed by atoms with Gasteiger partial charge in [-0.25, -0.2) is 18.1 Å². The number of sulfonamides is 1. The molecular weight excluding hydrogens is 246 g/mol. The van der Waals surface area contributed by atoms with Gasteiger partial charge >= 0.3 is 0 Å². The summed E-state index contributed by atoms with van der Waals surface area (Å²) in [7, 11) is -3.49. The van der Waals surface area contributed by atoms with E-state index in [-0.39, 0.29) is 21.8 Å². The van der Waals surface area contributed by atoms with Crippen LogP contribution in [0, 0.1) is 6.92 Å². The summed E-state index contributed by atoms with van der Waals surface area (Å²) in [5.74, 6) is 0. The lowest BCUT2D eigenvalue weighted by Gasteiger charge is -2.02. The first kappa shape index (κ1) is 11.9. The van der Waals surface area contributed by atoms with E-state index < -0.39 is 10.0 Å².